The van der Waals surface area contributed by atoms with E-state index < -0.39 is 11.7 Å². The monoisotopic (exact) mass is 423 g/mol. The fourth-order valence-corrected chi connectivity index (χ4v) is 3.72. The van der Waals surface area contributed by atoms with E-state index in [1.165, 1.54) is 11.0 Å². The van der Waals surface area contributed by atoms with Crippen LogP contribution >= 0.6 is 11.8 Å². The molecular formula is C19H20F3N5OS. The Labute approximate surface area is 170 Å². The van der Waals surface area contributed by atoms with Crippen LogP contribution in [-0.2, 0) is 17.5 Å². The van der Waals surface area contributed by atoms with Crippen molar-refractivity contribution in [1.82, 2.24) is 14.5 Å². The molecule has 1 aromatic heterocycles. The van der Waals surface area contributed by atoms with E-state index in [0.717, 1.165) is 23.9 Å². The number of halogens is 3. The first-order valence-corrected chi connectivity index (χ1v) is 10.0. The fraction of sp³-hybridized carbons (Fsp3) is 0.474. The van der Waals surface area contributed by atoms with Gasteiger partial charge in [-0.25, -0.2) is 4.98 Å². The molecule has 0 saturated carbocycles. The van der Waals surface area contributed by atoms with Gasteiger partial charge in [0, 0.05) is 19.6 Å². The number of benzene rings is 1. The predicted molar refractivity (Wildman–Crippen MR) is 103 cm³/mol. The van der Waals surface area contributed by atoms with Crippen molar-refractivity contribution in [2.75, 3.05) is 18.8 Å². The Balaban J connectivity index is 2.24. The lowest BCUT2D eigenvalue weighted by molar-refractivity contribution is -0.137. The van der Waals surface area contributed by atoms with Crippen molar-refractivity contribution in [3.63, 3.8) is 0 Å². The largest absolute Gasteiger partial charge is 0.416 e. The number of rotatable bonds is 9. The molecule has 0 radical (unpaired) electrons. The van der Waals surface area contributed by atoms with Crippen molar-refractivity contribution < 1.29 is 18.0 Å². The first kappa shape index (κ1) is 22.6. The summed E-state index contributed by atoms with van der Waals surface area (Å²) >= 11 is 1.14. The Morgan fingerprint density at radius 2 is 1.90 bits per heavy atom. The van der Waals surface area contributed by atoms with Crippen LogP contribution in [0.2, 0.25) is 0 Å². The topological polar surface area (TPSA) is 85.7 Å². The van der Waals surface area contributed by atoms with Crippen LogP contribution in [0.5, 0.6) is 0 Å². The van der Waals surface area contributed by atoms with Gasteiger partial charge in [-0.05, 0) is 24.6 Å². The van der Waals surface area contributed by atoms with Crippen molar-refractivity contribution in [3.8, 4) is 12.1 Å². The lowest BCUT2D eigenvalue weighted by Crippen LogP contribution is -2.34. The molecule has 0 spiro atoms. The summed E-state index contributed by atoms with van der Waals surface area (Å²) in [4.78, 5) is 18.3. The molecule has 6 nitrogen and oxygen atoms in total. The average molecular weight is 423 g/mol. The average Bonchev–Trinajstić information content (AvgIpc) is 3.03. The molecule has 29 heavy (non-hydrogen) atoms. The highest BCUT2D eigenvalue weighted by Gasteiger charge is 2.31. The Hall–Kier alpha value is -2.72. The maximum absolute atomic E-state index is 13.1. The maximum Gasteiger partial charge on any atom is 0.416 e. The van der Waals surface area contributed by atoms with Gasteiger partial charge in [-0.3, -0.25) is 4.79 Å². The van der Waals surface area contributed by atoms with E-state index in [0.29, 0.717) is 29.2 Å². The smallest absolute Gasteiger partial charge is 0.340 e. The molecule has 0 fully saturated rings. The van der Waals surface area contributed by atoms with Gasteiger partial charge in [0.1, 0.15) is 0 Å². The molecular weight excluding hydrogens is 403 g/mol. The standard InChI is InChI=1S/C19H20F3N5OS/c1-2-9-27-16-12-14(19(20,21)22)5-6-15(16)25-18(27)29-13-17(28)26(10-3-7-23)11-4-8-24/h5-6,12H,2-4,9-11,13H2,1H3. The molecule has 0 atom stereocenters. The van der Waals surface area contributed by atoms with E-state index in [4.69, 9.17) is 10.5 Å². The number of alkyl halides is 3. The number of hydrogen-bond acceptors (Lipinski definition) is 5. The van der Waals surface area contributed by atoms with Crippen molar-refractivity contribution in [1.29, 1.82) is 10.5 Å². The van der Waals surface area contributed by atoms with E-state index in [1.54, 1.807) is 4.57 Å². The van der Waals surface area contributed by atoms with Crippen LogP contribution in [0.4, 0.5) is 13.2 Å². The number of fused-ring (bicyclic) bond motifs is 1. The lowest BCUT2D eigenvalue weighted by Gasteiger charge is -2.20. The third-order valence-electron chi connectivity index (χ3n) is 4.15. The number of aryl methyl sites for hydroxylation is 1. The summed E-state index contributed by atoms with van der Waals surface area (Å²) in [5, 5.41) is 17.9. The highest BCUT2D eigenvalue weighted by atomic mass is 32.2. The summed E-state index contributed by atoms with van der Waals surface area (Å²) in [7, 11) is 0. The molecule has 154 valence electrons. The second-order valence-corrected chi connectivity index (χ2v) is 7.18. The number of thioether (sulfide) groups is 1. The highest BCUT2D eigenvalue weighted by Crippen LogP contribution is 2.33. The molecule has 0 N–H and O–H groups in total. The van der Waals surface area contributed by atoms with Crippen LogP contribution in [0, 0.1) is 22.7 Å². The minimum absolute atomic E-state index is 0.0238. The second-order valence-electron chi connectivity index (χ2n) is 6.23. The third-order valence-corrected chi connectivity index (χ3v) is 5.11. The number of carbonyl (C=O) groups is 1. The van der Waals surface area contributed by atoms with Crippen LogP contribution in [0.25, 0.3) is 11.0 Å². The van der Waals surface area contributed by atoms with Gasteiger partial charge in [-0.15, -0.1) is 0 Å². The lowest BCUT2D eigenvalue weighted by atomic mass is 10.2. The highest BCUT2D eigenvalue weighted by molar-refractivity contribution is 7.99. The Kier molecular flexibility index (Phi) is 7.91. The molecule has 0 unspecified atom stereocenters. The Bertz CT molecular complexity index is 924. The van der Waals surface area contributed by atoms with E-state index in [9.17, 15) is 18.0 Å². The second kappa shape index (κ2) is 10.2. The summed E-state index contributed by atoms with van der Waals surface area (Å²) < 4.78 is 40.9. The molecule has 0 saturated heterocycles. The van der Waals surface area contributed by atoms with Crippen molar-refractivity contribution in [2.45, 2.75) is 44.1 Å². The van der Waals surface area contributed by atoms with Crippen LogP contribution < -0.4 is 0 Å². The Morgan fingerprint density at radius 1 is 1.24 bits per heavy atom. The first-order chi connectivity index (χ1) is 13.8. The Morgan fingerprint density at radius 3 is 2.45 bits per heavy atom. The van der Waals surface area contributed by atoms with Crippen molar-refractivity contribution in [3.05, 3.63) is 23.8 Å². The van der Waals surface area contributed by atoms with E-state index in [2.05, 4.69) is 4.98 Å². The number of amides is 1. The zero-order valence-corrected chi connectivity index (χ0v) is 16.7. The van der Waals surface area contributed by atoms with Crippen LogP contribution in [0.1, 0.15) is 31.7 Å². The van der Waals surface area contributed by atoms with Gasteiger partial charge >= 0.3 is 6.18 Å². The quantitative estimate of drug-likeness (QED) is 0.564. The van der Waals surface area contributed by atoms with Crippen LogP contribution in [0.3, 0.4) is 0 Å². The van der Waals surface area contributed by atoms with E-state index in [-0.39, 0.29) is 37.6 Å². The molecule has 1 amide bonds. The summed E-state index contributed by atoms with van der Waals surface area (Å²) in [5.41, 5.74) is 0.0729. The zero-order valence-electron chi connectivity index (χ0n) is 15.9. The SMILES string of the molecule is CCCn1c(SCC(=O)N(CCC#N)CCC#N)nc2ccc(C(F)(F)F)cc21. The molecule has 1 heterocycles. The number of imidazole rings is 1. The molecule has 0 aliphatic rings. The number of hydrogen-bond donors (Lipinski definition) is 0. The fourth-order valence-electron chi connectivity index (χ4n) is 2.78. The summed E-state index contributed by atoms with van der Waals surface area (Å²) in [6, 6.07) is 7.36. The molecule has 2 aromatic rings. The molecule has 1 aromatic carbocycles. The molecule has 0 bridgehead atoms. The number of nitriles is 2. The van der Waals surface area contributed by atoms with Gasteiger partial charge in [-0.2, -0.15) is 23.7 Å². The maximum atomic E-state index is 13.1. The zero-order chi connectivity index (χ0) is 21.4. The third kappa shape index (κ3) is 5.88. The van der Waals surface area contributed by atoms with Crippen LogP contribution in [-0.4, -0.2) is 39.2 Å². The number of nitrogens with zero attached hydrogens (tertiary/aromatic N) is 5. The number of aromatic nitrogens is 2. The van der Waals surface area contributed by atoms with Gasteiger partial charge < -0.3 is 9.47 Å². The predicted octanol–water partition coefficient (Wildman–Crippen LogP) is 4.21. The molecule has 10 heteroatoms. The normalized spacial score (nSPS) is 11.2. The van der Waals surface area contributed by atoms with Crippen molar-refractivity contribution >= 4 is 28.7 Å². The van der Waals surface area contributed by atoms with Gasteiger partial charge in [-0.1, -0.05) is 18.7 Å². The molecule has 0 aliphatic carbocycles. The minimum Gasteiger partial charge on any atom is -0.340 e. The van der Waals surface area contributed by atoms with Gasteiger partial charge in [0.05, 0.1) is 47.3 Å². The van der Waals surface area contributed by atoms with Gasteiger partial charge in [0.25, 0.3) is 0 Å². The summed E-state index contributed by atoms with van der Waals surface area (Å²) in [6.45, 7) is 2.85. The van der Waals surface area contributed by atoms with Gasteiger partial charge in [0.15, 0.2) is 5.16 Å². The number of carbonyl (C=O) groups excluding carboxylic acids is 1. The molecule has 0 aliphatic heterocycles. The van der Waals surface area contributed by atoms with Gasteiger partial charge in [0.2, 0.25) is 5.91 Å². The summed E-state index contributed by atoms with van der Waals surface area (Å²) in [6.07, 6.45) is -3.42. The van der Waals surface area contributed by atoms with Crippen LogP contribution in [0.15, 0.2) is 23.4 Å². The summed E-state index contributed by atoms with van der Waals surface area (Å²) in [5.74, 6) is -0.220. The molecule has 2 rings (SSSR count). The van der Waals surface area contributed by atoms with E-state index >= 15 is 0 Å². The van der Waals surface area contributed by atoms with Crippen molar-refractivity contribution in [2.24, 2.45) is 0 Å². The minimum atomic E-state index is -4.44. The first-order valence-electron chi connectivity index (χ1n) is 9.03. The van der Waals surface area contributed by atoms with E-state index in [1.807, 2.05) is 19.1 Å².